The van der Waals surface area contributed by atoms with Crippen LogP contribution in [0.4, 0.5) is 5.82 Å². The smallest absolute Gasteiger partial charge is 0.151 e. The minimum absolute atomic E-state index is 0.960. The molecule has 0 aliphatic carbocycles. The van der Waals surface area contributed by atoms with E-state index in [1.807, 2.05) is 6.07 Å². The first-order valence-electron chi connectivity index (χ1n) is 6.27. The topological polar surface area (TPSA) is 41.0 Å². The van der Waals surface area contributed by atoms with E-state index in [1.54, 1.807) is 11.3 Å². The van der Waals surface area contributed by atoms with E-state index in [2.05, 4.69) is 44.0 Å². The van der Waals surface area contributed by atoms with Gasteiger partial charge in [-0.2, -0.15) is 0 Å². The standard InChI is InChI=1S/C13H16N4S/c1-3-12(18-10-1)11-4-5-13(16-15-11)17-8-2-6-14-7-9-17/h1,3-5,10,14H,2,6-9H2. The van der Waals surface area contributed by atoms with E-state index in [0.29, 0.717) is 0 Å². The van der Waals surface area contributed by atoms with Crippen molar-refractivity contribution >= 4 is 17.2 Å². The van der Waals surface area contributed by atoms with Crippen LogP contribution in [0.2, 0.25) is 0 Å². The van der Waals surface area contributed by atoms with Crippen LogP contribution in [0, 0.1) is 0 Å². The third-order valence-corrected chi connectivity index (χ3v) is 3.98. The third kappa shape index (κ3) is 2.52. The van der Waals surface area contributed by atoms with Crippen LogP contribution in [0.3, 0.4) is 0 Å². The Morgan fingerprint density at radius 1 is 1.11 bits per heavy atom. The van der Waals surface area contributed by atoms with Crippen molar-refractivity contribution in [2.24, 2.45) is 0 Å². The highest BCUT2D eigenvalue weighted by Crippen LogP contribution is 2.23. The van der Waals surface area contributed by atoms with E-state index in [1.165, 1.54) is 4.88 Å². The van der Waals surface area contributed by atoms with Gasteiger partial charge in [-0.25, -0.2) is 0 Å². The molecule has 0 aromatic carbocycles. The first-order valence-corrected chi connectivity index (χ1v) is 7.15. The number of hydrogen-bond donors (Lipinski definition) is 1. The van der Waals surface area contributed by atoms with Crippen LogP contribution in [0.5, 0.6) is 0 Å². The first kappa shape index (κ1) is 11.6. The fraction of sp³-hybridized carbons (Fsp3) is 0.385. The second-order valence-electron chi connectivity index (χ2n) is 4.34. The minimum atomic E-state index is 0.960. The molecule has 1 aliphatic heterocycles. The van der Waals surface area contributed by atoms with Crippen LogP contribution in [0.15, 0.2) is 29.6 Å². The molecule has 0 bridgehead atoms. The van der Waals surface area contributed by atoms with Crippen molar-refractivity contribution in [2.75, 3.05) is 31.1 Å². The van der Waals surface area contributed by atoms with Crippen LogP contribution in [0.1, 0.15) is 6.42 Å². The molecule has 3 heterocycles. The molecule has 1 fully saturated rings. The van der Waals surface area contributed by atoms with Crippen molar-refractivity contribution < 1.29 is 0 Å². The van der Waals surface area contributed by atoms with Gasteiger partial charge in [0.2, 0.25) is 0 Å². The molecule has 5 heteroatoms. The summed E-state index contributed by atoms with van der Waals surface area (Å²) in [5, 5.41) is 14.1. The Bertz CT molecular complexity index is 472. The van der Waals surface area contributed by atoms with Crippen LogP contribution in [-0.4, -0.2) is 36.4 Å². The molecule has 4 nitrogen and oxygen atoms in total. The summed E-state index contributed by atoms with van der Waals surface area (Å²) in [5.74, 6) is 0.985. The van der Waals surface area contributed by atoms with Crippen molar-refractivity contribution in [3.63, 3.8) is 0 Å². The number of nitrogens with zero attached hydrogens (tertiary/aromatic N) is 3. The summed E-state index contributed by atoms with van der Waals surface area (Å²) in [5.41, 5.74) is 0.960. The number of thiophene rings is 1. The number of rotatable bonds is 2. The number of hydrogen-bond acceptors (Lipinski definition) is 5. The molecule has 2 aromatic rings. The summed E-state index contributed by atoms with van der Waals surface area (Å²) in [6.07, 6.45) is 1.16. The van der Waals surface area contributed by atoms with Gasteiger partial charge >= 0.3 is 0 Å². The number of aromatic nitrogens is 2. The lowest BCUT2D eigenvalue weighted by Crippen LogP contribution is -2.28. The van der Waals surface area contributed by atoms with Crippen LogP contribution < -0.4 is 10.2 Å². The highest BCUT2D eigenvalue weighted by atomic mass is 32.1. The lowest BCUT2D eigenvalue weighted by atomic mass is 10.3. The summed E-state index contributed by atoms with van der Waals surface area (Å²) in [4.78, 5) is 3.47. The molecule has 94 valence electrons. The molecule has 0 amide bonds. The maximum Gasteiger partial charge on any atom is 0.151 e. The van der Waals surface area contributed by atoms with Gasteiger partial charge in [0.25, 0.3) is 0 Å². The van der Waals surface area contributed by atoms with Crippen molar-refractivity contribution in [2.45, 2.75) is 6.42 Å². The summed E-state index contributed by atoms with van der Waals surface area (Å²) in [6, 6.07) is 8.25. The molecule has 2 aromatic heterocycles. The predicted octanol–water partition coefficient (Wildman–Crippen LogP) is 2.00. The third-order valence-electron chi connectivity index (χ3n) is 3.09. The van der Waals surface area contributed by atoms with Crippen molar-refractivity contribution in [3.05, 3.63) is 29.6 Å². The van der Waals surface area contributed by atoms with Gasteiger partial charge in [0.05, 0.1) is 4.88 Å². The van der Waals surface area contributed by atoms with E-state index >= 15 is 0 Å². The molecular formula is C13H16N4S. The van der Waals surface area contributed by atoms with Crippen molar-refractivity contribution in [1.29, 1.82) is 0 Å². The second kappa shape index (κ2) is 5.46. The normalized spacial score (nSPS) is 16.6. The molecule has 1 saturated heterocycles. The average molecular weight is 260 g/mol. The molecule has 0 unspecified atom stereocenters. The van der Waals surface area contributed by atoms with Gasteiger partial charge in [0, 0.05) is 19.6 Å². The highest BCUT2D eigenvalue weighted by molar-refractivity contribution is 7.13. The Balaban J connectivity index is 1.78. The van der Waals surface area contributed by atoms with Crippen LogP contribution in [0.25, 0.3) is 10.6 Å². The van der Waals surface area contributed by atoms with Gasteiger partial charge < -0.3 is 10.2 Å². The SMILES string of the molecule is c1csc(-c2ccc(N3CCCNCC3)nn2)c1. The summed E-state index contributed by atoms with van der Waals surface area (Å²) < 4.78 is 0. The van der Waals surface area contributed by atoms with Gasteiger partial charge in [-0.1, -0.05) is 6.07 Å². The fourth-order valence-corrected chi connectivity index (χ4v) is 2.81. The molecule has 0 atom stereocenters. The Labute approximate surface area is 111 Å². The minimum Gasteiger partial charge on any atom is -0.354 e. The molecule has 1 N–H and O–H groups in total. The first-order chi connectivity index (χ1) is 8.93. The van der Waals surface area contributed by atoms with Gasteiger partial charge in [0.15, 0.2) is 5.82 Å². The van der Waals surface area contributed by atoms with Crippen molar-refractivity contribution in [3.8, 4) is 10.6 Å². The summed E-state index contributed by atoms with van der Waals surface area (Å²) in [6.45, 7) is 4.18. The monoisotopic (exact) mass is 260 g/mol. The zero-order chi connectivity index (χ0) is 12.2. The second-order valence-corrected chi connectivity index (χ2v) is 5.29. The van der Waals surface area contributed by atoms with Crippen LogP contribution >= 0.6 is 11.3 Å². The Kier molecular flexibility index (Phi) is 3.52. The Morgan fingerprint density at radius 3 is 2.89 bits per heavy atom. The van der Waals surface area contributed by atoms with Gasteiger partial charge in [0.1, 0.15) is 5.69 Å². The highest BCUT2D eigenvalue weighted by Gasteiger charge is 2.11. The molecule has 0 radical (unpaired) electrons. The van der Waals surface area contributed by atoms with Gasteiger partial charge in [-0.15, -0.1) is 21.5 Å². The molecule has 0 spiro atoms. The fourth-order valence-electron chi connectivity index (χ4n) is 2.12. The van der Waals surface area contributed by atoms with Crippen LogP contribution in [-0.2, 0) is 0 Å². The zero-order valence-corrected chi connectivity index (χ0v) is 11.0. The molecule has 3 rings (SSSR count). The maximum absolute atomic E-state index is 4.35. The van der Waals surface area contributed by atoms with Crippen molar-refractivity contribution in [1.82, 2.24) is 15.5 Å². The molecule has 18 heavy (non-hydrogen) atoms. The maximum atomic E-state index is 4.35. The Hall–Kier alpha value is -1.46. The van der Waals surface area contributed by atoms with E-state index in [9.17, 15) is 0 Å². The largest absolute Gasteiger partial charge is 0.354 e. The predicted molar refractivity (Wildman–Crippen MR) is 75.0 cm³/mol. The van der Waals surface area contributed by atoms with Gasteiger partial charge in [-0.3, -0.25) is 0 Å². The average Bonchev–Trinajstić information content (AvgIpc) is 2.82. The molecule has 1 aliphatic rings. The molecular weight excluding hydrogens is 244 g/mol. The zero-order valence-electron chi connectivity index (χ0n) is 10.2. The van der Waals surface area contributed by atoms with E-state index < -0.39 is 0 Å². The van der Waals surface area contributed by atoms with E-state index in [-0.39, 0.29) is 0 Å². The lowest BCUT2D eigenvalue weighted by Gasteiger charge is -2.20. The van der Waals surface area contributed by atoms with Gasteiger partial charge in [-0.05, 0) is 36.5 Å². The van der Waals surface area contributed by atoms with E-state index in [4.69, 9.17) is 0 Å². The summed E-state index contributed by atoms with van der Waals surface area (Å²) >= 11 is 1.69. The number of nitrogens with one attached hydrogen (secondary N) is 1. The quantitative estimate of drug-likeness (QED) is 0.896. The lowest BCUT2D eigenvalue weighted by molar-refractivity contribution is 0.724. The summed E-state index contributed by atoms with van der Waals surface area (Å²) in [7, 11) is 0. The molecule has 0 saturated carbocycles. The van der Waals surface area contributed by atoms with E-state index in [0.717, 1.165) is 44.1 Å². The number of anilines is 1. The Morgan fingerprint density at radius 2 is 2.11 bits per heavy atom.